The van der Waals surface area contributed by atoms with Gasteiger partial charge in [-0.2, -0.15) is 0 Å². The van der Waals surface area contributed by atoms with E-state index in [1.54, 1.807) is 0 Å². The molecule has 1 unspecified atom stereocenters. The van der Waals surface area contributed by atoms with Crippen LogP contribution in [-0.4, -0.2) is 13.1 Å². The minimum atomic E-state index is 0.709. The zero-order valence-corrected chi connectivity index (χ0v) is 13.9. The lowest BCUT2D eigenvalue weighted by molar-refractivity contribution is 0.0694. The maximum Gasteiger partial charge on any atom is -0.00152 e. The van der Waals surface area contributed by atoms with Crippen LogP contribution < -0.4 is 5.32 Å². The summed E-state index contributed by atoms with van der Waals surface area (Å²) in [6, 6.07) is 0. The second-order valence-corrected chi connectivity index (χ2v) is 7.48. The Labute approximate surface area is 127 Å². The molecule has 1 saturated heterocycles. The Bertz CT molecular complexity index is 234. The van der Waals surface area contributed by atoms with Gasteiger partial charge in [0.25, 0.3) is 0 Å². The van der Waals surface area contributed by atoms with Crippen LogP contribution in [0.25, 0.3) is 0 Å². The fourth-order valence-electron chi connectivity index (χ4n) is 4.77. The van der Waals surface area contributed by atoms with Crippen LogP contribution in [0.5, 0.6) is 0 Å². The van der Waals surface area contributed by atoms with E-state index >= 15 is 0 Å². The molecule has 1 nitrogen and oxygen atoms in total. The molecule has 0 aromatic heterocycles. The molecule has 2 rings (SSSR count). The van der Waals surface area contributed by atoms with Crippen molar-refractivity contribution in [3.05, 3.63) is 0 Å². The number of rotatable bonds is 2. The lowest BCUT2D eigenvalue weighted by Crippen LogP contribution is -2.45. The highest BCUT2D eigenvalue weighted by Crippen LogP contribution is 2.45. The van der Waals surface area contributed by atoms with Crippen molar-refractivity contribution in [2.24, 2.45) is 11.3 Å². The molecule has 2 fully saturated rings. The Hall–Kier alpha value is -0.0400. The van der Waals surface area contributed by atoms with Gasteiger partial charge in [-0.25, -0.2) is 0 Å². The van der Waals surface area contributed by atoms with Gasteiger partial charge >= 0.3 is 0 Å². The van der Waals surface area contributed by atoms with Gasteiger partial charge in [0, 0.05) is 0 Å². The number of piperidine rings is 1. The third kappa shape index (κ3) is 4.76. The van der Waals surface area contributed by atoms with E-state index in [2.05, 4.69) is 12.2 Å². The van der Waals surface area contributed by atoms with Crippen molar-refractivity contribution in [3.63, 3.8) is 0 Å². The maximum atomic E-state index is 3.68. The van der Waals surface area contributed by atoms with E-state index < -0.39 is 0 Å². The highest BCUT2D eigenvalue weighted by atomic mass is 14.9. The summed E-state index contributed by atoms with van der Waals surface area (Å²) in [4.78, 5) is 0. The van der Waals surface area contributed by atoms with Crippen molar-refractivity contribution < 1.29 is 0 Å². The first-order valence-electron chi connectivity index (χ1n) is 9.58. The van der Waals surface area contributed by atoms with Gasteiger partial charge in [-0.05, 0) is 50.1 Å². The normalized spacial score (nSPS) is 29.6. The molecule has 2 aliphatic rings. The number of hydrogen-bond acceptors (Lipinski definition) is 1. The fourth-order valence-corrected chi connectivity index (χ4v) is 4.77. The lowest BCUT2D eigenvalue weighted by Gasteiger charge is -2.45. The fraction of sp³-hybridized carbons (Fsp3) is 1.00. The second kappa shape index (κ2) is 9.07. The van der Waals surface area contributed by atoms with E-state index in [9.17, 15) is 0 Å². The molecule has 1 saturated carbocycles. The molecule has 1 aliphatic carbocycles. The maximum absolute atomic E-state index is 3.68. The van der Waals surface area contributed by atoms with E-state index in [0.717, 1.165) is 5.92 Å². The zero-order chi connectivity index (χ0) is 14.1. The largest absolute Gasteiger partial charge is 0.316 e. The summed E-state index contributed by atoms with van der Waals surface area (Å²) in [7, 11) is 0. The van der Waals surface area contributed by atoms with Crippen LogP contribution in [0, 0.1) is 11.3 Å². The van der Waals surface area contributed by atoms with Gasteiger partial charge in [0.05, 0.1) is 0 Å². The molecule has 1 heteroatoms. The third-order valence-corrected chi connectivity index (χ3v) is 6.04. The Morgan fingerprint density at radius 1 is 0.800 bits per heavy atom. The molecule has 0 amide bonds. The lowest BCUT2D eigenvalue weighted by atomic mass is 9.63. The van der Waals surface area contributed by atoms with Crippen LogP contribution in [-0.2, 0) is 0 Å². The summed E-state index contributed by atoms with van der Waals surface area (Å²) < 4.78 is 0. The van der Waals surface area contributed by atoms with Gasteiger partial charge in [-0.15, -0.1) is 0 Å². The summed E-state index contributed by atoms with van der Waals surface area (Å²) in [5.74, 6) is 0.962. The summed E-state index contributed by atoms with van der Waals surface area (Å²) >= 11 is 0. The molecule has 0 bridgehead atoms. The Morgan fingerprint density at radius 3 is 1.90 bits per heavy atom. The van der Waals surface area contributed by atoms with Gasteiger partial charge in [0.2, 0.25) is 0 Å². The van der Waals surface area contributed by atoms with E-state index in [1.165, 1.54) is 103 Å². The molecular weight excluding hydrogens is 242 g/mol. The molecule has 118 valence electrons. The zero-order valence-electron chi connectivity index (χ0n) is 13.9. The topological polar surface area (TPSA) is 12.0 Å². The minimum absolute atomic E-state index is 0.709. The molecule has 0 aromatic carbocycles. The first-order chi connectivity index (χ1) is 9.87. The van der Waals surface area contributed by atoms with Gasteiger partial charge in [-0.3, -0.25) is 0 Å². The smallest absolute Gasteiger partial charge is 0.00152 e. The summed E-state index contributed by atoms with van der Waals surface area (Å²) in [5, 5.41) is 3.68. The van der Waals surface area contributed by atoms with Crippen molar-refractivity contribution in [3.8, 4) is 0 Å². The second-order valence-electron chi connectivity index (χ2n) is 7.48. The van der Waals surface area contributed by atoms with Gasteiger partial charge in [0.1, 0.15) is 0 Å². The highest BCUT2D eigenvalue weighted by Gasteiger charge is 2.38. The van der Waals surface area contributed by atoms with E-state index in [4.69, 9.17) is 0 Å². The molecule has 0 aromatic rings. The molecule has 1 spiro atoms. The SMILES string of the molecule is CCCC1CNCCC12CCCCCCCCCCC2. The molecule has 0 radical (unpaired) electrons. The molecule has 1 heterocycles. The van der Waals surface area contributed by atoms with Crippen molar-refractivity contribution in [2.45, 2.75) is 96.8 Å². The van der Waals surface area contributed by atoms with E-state index in [0.29, 0.717) is 5.41 Å². The average Bonchev–Trinajstić information content (AvgIpc) is 2.45. The average molecular weight is 280 g/mol. The number of hydrogen-bond donors (Lipinski definition) is 1. The van der Waals surface area contributed by atoms with E-state index in [1.807, 2.05) is 0 Å². The van der Waals surface area contributed by atoms with Gasteiger partial charge in [0.15, 0.2) is 0 Å². The highest BCUT2D eigenvalue weighted by molar-refractivity contribution is 4.91. The van der Waals surface area contributed by atoms with Crippen molar-refractivity contribution >= 4 is 0 Å². The van der Waals surface area contributed by atoms with E-state index in [-0.39, 0.29) is 0 Å². The standard InChI is InChI=1S/C19H37N/c1-2-12-18-17-20-16-15-19(18)13-10-8-6-4-3-5-7-9-11-14-19/h18,20H,2-17H2,1H3. The third-order valence-electron chi connectivity index (χ3n) is 6.04. The monoisotopic (exact) mass is 279 g/mol. The first kappa shape index (κ1) is 16.3. The van der Waals surface area contributed by atoms with Crippen LogP contribution >= 0.6 is 0 Å². The Kier molecular flexibility index (Phi) is 7.41. The Balaban J connectivity index is 1.97. The molecule has 20 heavy (non-hydrogen) atoms. The minimum Gasteiger partial charge on any atom is -0.316 e. The van der Waals surface area contributed by atoms with Crippen LogP contribution in [0.2, 0.25) is 0 Å². The predicted molar refractivity (Wildman–Crippen MR) is 89.1 cm³/mol. The van der Waals surface area contributed by atoms with Crippen molar-refractivity contribution in [1.29, 1.82) is 0 Å². The van der Waals surface area contributed by atoms with Crippen LogP contribution in [0.15, 0.2) is 0 Å². The molecule has 1 N–H and O–H groups in total. The van der Waals surface area contributed by atoms with Gasteiger partial charge in [-0.1, -0.05) is 71.1 Å². The van der Waals surface area contributed by atoms with Crippen LogP contribution in [0.1, 0.15) is 96.8 Å². The number of nitrogens with one attached hydrogen (secondary N) is 1. The van der Waals surface area contributed by atoms with Gasteiger partial charge < -0.3 is 5.32 Å². The van der Waals surface area contributed by atoms with Crippen LogP contribution in [0.3, 0.4) is 0 Å². The summed E-state index contributed by atoms with van der Waals surface area (Å²) in [6.45, 7) is 4.95. The van der Waals surface area contributed by atoms with Crippen LogP contribution in [0.4, 0.5) is 0 Å². The van der Waals surface area contributed by atoms with Crippen molar-refractivity contribution in [2.75, 3.05) is 13.1 Å². The summed E-state index contributed by atoms with van der Waals surface area (Å²) in [5.41, 5.74) is 0.709. The quantitative estimate of drug-likeness (QED) is 0.685. The first-order valence-corrected chi connectivity index (χ1v) is 9.58. The molecular formula is C19H37N. The predicted octanol–water partition coefficient (Wildman–Crippen LogP) is 5.69. The Morgan fingerprint density at radius 2 is 1.35 bits per heavy atom. The molecule has 1 atom stereocenters. The van der Waals surface area contributed by atoms with Crippen molar-refractivity contribution in [1.82, 2.24) is 5.32 Å². The molecule has 1 aliphatic heterocycles. The summed E-state index contributed by atoms with van der Waals surface area (Å²) in [6.07, 6.45) is 20.8.